The fourth-order valence-electron chi connectivity index (χ4n) is 2.67. The molecule has 1 aliphatic carbocycles. The van der Waals surface area contributed by atoms with E-state index >= 15 is 0 Å². The lowest BCUT2D eigenvalue weighted by Crippen LogP contribution is -2.39. The number of aromatic nitrogens is 1. The van der Waals surface area contributed by atoms with Gasteiger partial charge in [0.2, 0.25) is 5.76 Å². The molecule has 1 amide bonds. The molecule has 2 N–H and O–H groups in total. The van der Waals surface area contributed by atoms with E-state index in [9.17, 15) is 4.79 Å². The Balaban J connectivity index is 1.70. The summed E-state index contributed by atoms with van der Waals surface area (Å²) in [5.41, 5.74) is 0.706. The van der Waals surface area contributed by atoms with Crippen LogP contribution < -0.4 is 10.6 Å². The smallest absolute Gasteiger partial charge is 0.289 e. The minimum atomic E-state index is -0.107. The third kappa shape index (κ3) is 2.66. The number of amides is 1. The summed E-state index contributed by atoms with van der Waals surface area (Å²) in [5, 5.41) is 6.34. The molecular formula is C14H21N3O2. The zero-order valence-corrected chi connectivity index (χ0v) is 11.4. The molecule has 1 saturated heterocycles. The van der Waals surface area contributed by atoms with Gasteiger partial charge in [0.25, 0.3) is 5.91 Å². The van der Waals surface area contributed by atoms with E-state index in [2.05, 4.69) is 15.6 Å². The molecule has 104 valence electrons. The summed E-state index contributed by atoms with van der Waals surface area (Å²) >= 11 is 0. The minimum Gasteiger partial charge on any atom is -0.435 e. The van der Waals surface area contributed by atoms with Crippen LogP contribution in [0.25, 0.3) is 0 Å². The van der Waals surface area contributed by atoms with Crippen LogP contribution in [0.1, 0.15) is 60.2 Å². The Kier molecular flexibility index (Phi) is 3.55. The van der Waals surface area contributed by atoms with Crippen LogP contribution in [0.3, 0.4) is 0 Å². The number of rotatable bonds is 3. The average molecular weight is 263 g/mol. The van der Waals surface area contributed by atoms with E-state index in [-0.39, 0.29) is 5.91 Å². The Hall–Kier alpha value is -1.36. The van der Waals surface area contributed by atoms with Gasteiger partial charge in [-0.05, 0) is 45.6 Å². The molecule has 1 aromatic heterocycles. The second-order valence-electron chi connectivity index (χ2n) is 5.61. The maximum Gasteiger partial charge on any atom is 0.289 e. The third-order valence-electron chi connectivity index (χ3n) is 4.11. The lowest BCUT2D eigenvalue weighted by Gasteiger charge is -2.25. The molecule has 19 heavy (non-hydrogen) atoms. The second kappa shape index (κ2) is 5.33. The van der Waals surface area contributed by atoms with E-state index in [4.69, 9.17) is 4.42 Å². The molecule has 2 aliphatic rings. The van der Waals surface area contributed by atoms with Gasteiger partial charge in [-0.3, -0.25) is 4.79 Å². The first-order chi connectivity index (χ1) is 9.24. The molecule has 2 fully saturated rings. The Morgan fingerprint density at radius 3 is 2.84 bits per heavy atom. The van der Waals surface area contributed by atoms with Crippen LogP contribution in [-0.2, 0) is 0 Å². The Labute approximate surface area is 113 Å². The molecule has 0 radical (unpaired) electrons. The first kappa shape index (κ1) is 12.7. The Bertz CT molecular complexity index is 459. The quantitative estimate of drug-likeness (QED) is 0.871. The van der Waals surface area contributed by atoms with Gasteiger partial charge in [-0.15, -0.1) is 0 Å². The van der Waals surface area contributed by atoms with E-state index in [1.807, 2.05) is 6.92 Å². The van der Waals surface area contributed by atoms with Crippen molar-refractivity contribution >= 4 is 5.91 Å². The molecule has 1 unspecified atom stereocenters. The van der Waals surface area contributed by atoms with Crippen molar-refractivity contribution in [3.8, 4) is 0 Å². The normalized spacial score (nSPS) is 23.9. The number of nitrogens with zero attached hydrogens (tertiary/aromatic N) is 1. The van der Waals surface area contributed by atoms with E-state index in [1.54, 1.807) is 0 Å². The summed E-state index contributed by atoms with van der Waals surface area (Å²) in [6, 6.07) is 0.330. The van der Waals surface area contributed by atoms with E-state index < -0.39 is 0 Å². The third-order valence-corrected chi connectivity index (χ3v) is 4.11. The molecule has 2 heterocycles. The summed E-state index contributed by atoms with van der Waals surface area (Å²) in [6.45, 7) is 3.80. The molecular weight excluding hydrogens is 242 g/mol. The van der Waals surface area contributed by atoms with E-state index in [0.29, 0.717) is 29.3 Å². The van der Waals surface area contributed by atoms with Crippen molar-refractivity contribution < 1.29 is 9.21 Å². The Morgan fingerprint density at radius 1 is 1.37 bits per heavy atom. The monoisotopic (exact) mass is 263 g/mol. The van der Waals surface area contributed by atoms with E-state index in [0.717, 1.165) is 38.8 Å². The van der Waals surface area contributed by atoms with Gasteiger partial charge in [0.1, 0.15) is 0 Å². The van der Waals surface area contributed by atoms with Crippen LogP contribution in [0.4, 0.5) is 0 Å². The van der Waals surface area contributed by atoms with Gasteiger partial charge in [0.15, 0.2) is 5.89 Å². The van der Waals surface area contributed by atoms with Gasteiger partial charge >= 0.3 is 0 Å². The van der Waals surface area contributed by atoms with Gasteiger partial charge < -0.3 is 15.1 Å². The van der Waals surface area contributed by atoms with Crippen molar-refractivity contribution in [3.63, 3.8) is 0 Å². The highest BCUT2D eigenvalue weighted by Crippen LogP contribution is 2.25. The fourth-order valence-corrected chi connectivity index (χ4v) is 2.67. The molecule has 5 heteroatoms. The van der Waals surface area contributed by atoms with Crippen molar-refractivity contribution in [2.75, 3.05) is 13.1 Å². The molecule has 1 saturated carbocycles. The van der Waals surface area contributed by atoms with Gasteiger partial charge in [0.05, 0.1) is 5.69 Å². The molecule has 1 aliphatic heterocycles. The number of carbonyl (C=O) groups excluding carboxylic acids is 1. The van der Waals surface area contributed by atoms with Crippen LogP contribution in [0.2, 0.25) is 0 Å². The van der Waals surface area contributed by atoms with E-state index in [1.165, 1.54) is 6.42 Å². The number of hydrogen-bond acceptors (Lipinski definition) is 4. The van der Waals surface area contributed by atoms with Crippen molar-refractivity contribution in [1.82, 2.24) is 15.6 Å². The lowest BCUT2D eigenvalue weighted by atomic mass is 9.93. The Morgan fingerprint density at radius 2 is 2.21 bits per heavy atom. The van der Waals surface area contributed by atoms with Crippen LogP contribution in [-0.4, -0.2) is 30.0 Å². The summed E-state index contributed by atoms with van der Waals surface area (Å²) < 4.78 is 5.72. The molecule has 5 nitrogen and oxygen atoms in total. The standard InChI is InChI=1S/C14H21N3O2/c1-9-12(13(18)17-11-5-2-6-11)19-14(16-9)10-4-3-7-15-8-10/h10-11,15H,2-8H2,1H3,(H,17,18). The number of aryl methyl sites for hydroxylation is 1. The van der Waals surface area contributed by atoms with Crippen molar-refractivity contribution in [2.24, 2.45) is 0 Å². The maximum absolute atomic E-state index is 12.1. The molecule has 0 aromatic carbocycles. The molecule has 0 bridgehead atoms. The van der Waals surface area contributed by atoms with Gasteiger partial charge in [-0.2, -0.15) is 0 Å². The zero-order valence-electron chi connectivity index (χ0n) is 11.4. The summed E-state index contributed by atoms with van der Waals surface area (Å²) in [4.78, 5) is 16.5. The first-order valence-electron chi connectivity index (χ1n) is 7.23. The summed E-state index contributed by atoms with van der Waals surface area (Å²) in [6.07, 6.45) is 5.59. The molecule has 0 spiro atoms. The average Bonchev–Trinajstić information content (AvgIpc) is 2.77. The maximum atomic E-state index is 12.1. The molecule has 1 atom stereocenters. The summed E-state index contributed by atoms with van der Waals surface area (Å²) in [7, 11) is 0. The largest absolute Gasteiger partial charge is 0.435 e. The van der Waals surface area contributed by atoms with Crippen LogP contribution in [0.5, 0.6) is 0 Å². The van der Waals surface area contributed by atoms with Crippen molar-refractivity contribution in [3.05, 3.63) is 17.3 Å². The van der Waals surface area contributed by atoms with Crippen molar-refractivity contribution in [1.29, 1.82) is 0 Å². The highest BCUT2D eigenvalue weighted by atomic mass is 16.4. The molecule has 1 aromatic rings. The second-order valence-corrected chi connectivity index (χ2v) is 5.61. The van der Waals surface area contributed by atoms with Gasteiger partial charge in [-0.1, -0.05) is 0 Å². The SMILES string of the molecule is Cc1nc(C2CCCNC2)oc1C(=O)NC1CCC1. The van der Waals surface area contributed by atoms with Crippen LogP contribution >= 0.6 is 0 Å². The van der Waals surface area contributed by atoms with Crippen LogP contribution in [0.15, 0.2) is 4.42 Å². The minimum absolute atomic E-state index is 0.107. The number of nitrogens with one attached hydrogen (secondary N) is 2. The lowest BCUT2D eigenvalue weighted by molar-refractivity contribution is 0.0885. The highest BCUT2D eigenvalue weighted by molar-refractivity contribution is 5.92. The number of hydrogen-bond donors (Lipinski definition) is 2. The van der Waals surface area contributed by atoms with Crippen molar-refractivity contribution in [2.45, 2.75) is 51.0 Å². The number of carbonyl (C=O) groups is 1. The van der Waals surface area contributed by atoms with Gasteiger partial charge in [-0.25, -0.2) is 4.98 Å². The molecule has 3 rings (SSSR count). The van der Waals surface area contributed by atoms with Crippen LogP contribution in [0, 0.1) is 6.92 Å². The predicted molar refractivity (Wildman–Crippen MR) is 71.2 cm³/mol. The fraction of sp³-hybridized carbons (Fsp3) is 0.714. The summed E-state index contributed by atoms with van der Waals surface area (Å²) in [5.74, 6) is 1.30. The highest BCUT2D eigenvalue weighted by Gasteiger charge is 2.26. The number of oxazole rings is 1. The topological polar surface area (TPSA) is 67.2 Å². The first-order valence-corrected chi connectivity index (χ1v) is 7.23. The zero-order chi connectivity index (χ0) is 13.2. The predicted octanol–water partition coefficient (Wildman–Crippen LogP) is 1.73. The van der Waals surface area contributed by atoms with Gasteiger partial charge in [0, 0.05) is 18.5 Å². The number of piperidine rings is 1.